The van der Waals surface area contributed by atoms with Gasteiger partial charge in [0.2, 0.25) is 5.75 Å². The van der Waals surface area contributed by atoms with Gasteiger partial charge in [0, 0.05) is 24.7 Å². The molecule has 0 heterocycles. The van der Waals surface area contributed by atoms with E-state index >= 15 is 0 Å². The molecule has 1 aromatic carbocycles. The topological polar surface area (TPSA) is 72.7 Å². The van der Waals surface area contributed by atoms with Crippen molar-refractivity contribution in [3.63, 3.8) is 0 Å². The van der Waals surface area contributed by atoms with Crippen molar-refractivity contribution in [1.82, 2.24) is 4.90 Å². The van der Waals surface area contributed by atoms with Crippen molar-refractivity contribution >= 4 is 11.6 Å². The molecule has 0 atom stereocenters. The molecule has 6 nitrogen and oxygen atoms in total. The van der Waals surface area contributed by atoms with Crippen LogP contribution in [-0.2, 0) is 4.79 Å². The fourth-order valence-electron chi connectivity index (χ4n) is 2.00. The zero-order valence-corrected chi connectivity index (χ0v) is 11.0. The van der Waals surface area contributed by atoms with Gasteiger partial charge in [0.05, 0.1) is 4.92 Å². The van der Waals surface area contributed by atoms with E-state index in [1.807, 2.05) is 6.92 Å². The summed E-state index contributed by atoms with van der Waals surface area (Å²) in [5.74, 6) is -1.11. The fraction of sp³-hybridized carbons (Fsp3) is 0.462. The Morgan fingerprint density at radius 2 is 2.25 bits per heavy atom. The molecule has 0 bridgehead atoms. The van der Waals surface area contributed by atoms with E-state index in [2.05, 4.69) is 0 Å². The van der Waals surface area contributed by atoms with E-state index in [0.29, 0.717) is 6.54 Å². The molecule has 2 rings (SSSR count). The van der Waals surface area contributed by atoms with Crippen LogP contribution >= 0.6 is 0 Å². The van der Waals surface area contributed by atoms with Crippen molar-refractivity contribution in [2.45, 2.75) is 25.8 Å². The summed E-state index contributed by atoms with van der Waals surface area (Å²) >= 11 is 0. The molecule has 1 saturated carbocycles. The maximum atomic E-state index is 13.1. The van der Waals surface area contributed by atoms with Gasteiger partial charge >= 0.3 is 5.69 Å². The molecule has 0 saturated heterocycles. The first-order valence-corrected chi connectivity index (χ1v) is 6.39. The molecular weight excluding hydrogens is 267 g/mol. The predicted octanol–water partition coefficient (Wildman–Crippen LogP) is 2.12. The third kappa shape index (κ3) is 3.23. The lowest BCUT2D eigenvalue weighted by Crippen LogP contribution is -2.36. The monoisotopic (exact) mass is 282 g/mol. The van der Waals surface area contributed by atoms with Gasteiger partial charge in [-0.05, 0) is 25.8 Å². The zero-order chi connectivity index (χ0) is 14.7. The molecule has 0 N–H and O–H groups in total. The minimum absolute atomic E-state index is 0.227. The molecule has 0 unspecified atom stereocenters. The maximum absolute atomic E-state index is 13.1. The molecule has 0 spiro atoms. The number of benzene rings is 1. The standard InChI is InChI=1S/C13H15FN2O4/c1-2-15(10-4-5-10)13(17)8-20-12-7-9(14)3-6-11(12)16(18)19/h3,6-7,10H,2,4-5,8H2,1H3. The molecule has 0 radical (unpaired) electrons. The SMILES string of the molecule is CCN(C(=O)COc1cc(F)ccc1[N+](=O)[O-])C1CC1. The number of ether oxygens (including phenoxy) is 1. The van der Waals surface area contributed by atoms with Crippen molar-refractivity contribution < 1.29 is 18.8 Å². The lowest BCUT2D eigenvalue weighted by atomic mass is 10.3. The summed E-state index contributed by atoms with van der Waals surface area (Å²) in [7, 11) is 0. The first-order valence-electron chi connectivity index (χ1n) is 6.39. The normalized spacial score (nSPS) is 13.9. The highest BCUT2D eigenvalue weighted by Gasteiger charge is 2.31. The first-order chi connectivity index (χ1) is 9.52. The third-order valence-electron chi connectivity index (χ3n) is 3.12. The number of hydrogen-bond donors (Lipinski definition) is 0. The number of nitro benzene ring substituents is 1. The summed E-state index contributed by atoms with van der Waals surface area (Å²) in [4.78, 5) is 23.7. The Hall–Kier alpha value is -2.18. The second-order valence-corrected chi connectivity index (χ2v) is 4.57. The van der Waals surface area contributed by atoms with Crippen molar-refractivity contribution in [2.24, 2.45) is 0 Å². The van der Waals surface area contributed by atoms with Gasteiger partial charge in [-0.25, -0.2) is 4.39 Å². The van der Waals surface area contributed by atoms with Crippen LogP contribution in [0.15, 0.2) is 18.2 Å². The Labute approximate surface area is 115 Å². The van der Waals surface area contributed by atoms with E-state index in [4.69, 9.17) is 4.74 Å². The van der Waals surface area contributed by atoms with Crippen LogP contribution in [0.2, 0.25) is 0 Å². The molecular formula is C13H15FN2O4. The molecule has 20 heavy (non-hydrogen) atoms. The highest BCUT2D eigenvalue weighted by Crippen LogP contribution is 2.29. The number of hydrogen-bond acceptors (Lipinski definition) is 4. The summed E-state index contributed by atoms with van der Waals surface area (Å²) in [6.45, 7) is 2.10. The molecule has 0 aliphatic heterocycles. The van der Waals surface area contributed by atoms with Crippen molar-refractivity contribution in [1.29, 1.82) is 0 Å². The maximum Gasteiger partial charge on any atom is 0.311 e. The van der Waals surface area contributed by atoms with Crippen molar-refractivity contribution in [3.8, 4) is 5.75 Å². The van der Waals surface area contributed by atoms with Crippen LogP contribution in [0.1, 0.15) is 19.8 Å². The molecule has 1 aromatic rings. The molecule has 108 valence electrons. The second kappa shape index (κ2) is 5.85. The third-order valence-corrected chi connectivity index (χ3v) is 3.12. The van der Waals surface area contributed by atoms with Gasteiger partial charge in [-0.1, -0.05) is 0 Å². The molecule has 1 aliphatic carbocycles. The summed E-state index contributed by atoms with van der Waals surface area (Å²) in [6, 6.07) is 3.17. The van der Waals surface area contributed by atoms with Gasteiger partial charge in [0.25, 0.3) is 5.91 Å². The Balaban J connectivity index is 2.04. The quantitative estimate of drug-likeness (QED) is 0.592. The summed E-state index contributed by atoms with van der Waals surface area (Å²) in [5.41, 5.74) is -0.353. The number of rotatable bonds is 6. The van der Waals surface area contributed by atoms with Crippen molar-refractivity contribution in [2.75, 3.05) is 13.2 Å². The number of halogens is 1. The van der Waals surface area contributed by atoms with Crippen LogP contribution in [0.3, 0.4) is 0 Å². The average Bonchev–Trinajstić information content (AvgIpc) is 3.21. The number of nitro groups is 1. The second-order valence-electron chi connectivity index (χ2n) is 4.57. The Bertz CT molecular complexity index is 531. The van der Waals surface area contributed by atoms with E-state index in [0.717, 1.165) is 31.0 Å². The minimum Gasteiger partial charge on any atom is -0.477 e. The van der Waals surface area contributed by atoms with Crippen LogP contribution < -0.4 is 4.74 Å². The van der Waals surface area contributed by atoms with Crippen LogP contribution in [0.5, 0.6) is 5.75 Å². The lowest BCUT2D eigenvalue weighted by Gasteiger charge is -2.20. The predicted molar refractivity (Wildman–Crippen MR) is 69.0 cm³/mol. The Morgan fingerprint density at radius 3 is 2.80 bits per heavy atom. The van der Waals surface area contributed by atoms with Crippen LogP contribution in [0, 0.1) is 15.9 Å². The van der Waals surface area contributed by atoms with E-state index in [-0.39, 0.29) is 30.0 Å². The van der Waals surface area contributed by atoms with Gasteiger partial charge in [-0.3, -0.25) is 14.9 Å². The first kappa shape index (κ1) is 14.2. The molecule has 7 heteroatoms. The minimum atomic E-state index is -0.669. The van der Waals surface area contributed by atoms with Crippen molar-refractivity contribution in [3.05, 3.63) is 34.1 Å². The van der Waals surface area contributed by atoms with Gasteiger partial charge in [0.15, 0.2) is 6.61 Å². The van der Waals surface area contributed by atoms with Crippen LogP contribution in [0.25, 0.3) is 0 Å². The largest absolute Gasteiger partial charge is 0.477 e. The average molecular weight is 282 g/mol. The van der Waals surface area contributed by atoms with E-state index in [9.17, 15) is 19.3 Å². The number of carbonyl (C=O) groups is 1. The molecule has 1 fully saturated rings. The van der Waals surface area contributed by atoms with Gasteiger partial charge in [0.1, 0.15) is 5.82 Å². The Morgan fingerprint density at radius 1 is 1.55 bits per heavy atom. The highest BCUT2D eigenvalue weighted by atomic mass is 19.1. The lowest BCUT2D eigenvalue weighted by molar-refractivity contribution is -0.385. The smallest absolute Gasteiger partial charge is 0.311 e. The van der Waals surface area contributed by atoms with Gasteiger partial charge in [-0.15, -0.1) is 0 Å². The molecule has 1 amide bonds. The summed E-state index contributed by atoms with van der Waals surface area (Å²) in [6.07, 6.45) is 1.94. The zero-order valence-electron chi connectivity index (χ0n) is 11.0. The van der Waals surface area contributed by atoms with E-state index in [1.54, 1.807) is 4.90 Å². The van der Waals surface area contributed by atoms with Crippen LogP contribution in [0.4, 0.5) is 10.1 Å². The number of nitrogens with zero attached hydrogens (tertiary/aromatic N) is 2. The molecule has 1 aliphatic rings. The Kier molecular flexibility index (Phi) is 4.16. The number of amides is 1. The fourth-order valence-corrected chi connectivity index (χ4v) is 2.00. The number of carbonyl (C=O) groups excluding carboxylic acids is 1. The summed E-state index contributed by atoms with van der Waals surface area (Å²) in [5, 5.41) is 10.8. The summed E-state index contributed by atoms with van der Waals surface area (Å²) < 4.78 is 18.2. The van der Waals surface area contributed by atoms with E-state index in [1.165, 1.54) is 0 Å². The van der Waals surface area contributed by atoms with E-state index < -0.39 is 10.7 Å². The highest BCUT2D eigenvalue weighted by molar-refractivity contribution is 5.78. The molecule has 0 aromatic heterocycles. The van der Waals surface area contributed by atoms with Gasteiger partial charge < -0.3 is 9.64 Å². The van der Waals surface area contributed by atoms with Gasteiger partial charge in [-0.2, -0.15) is 0 Å². The number of likely N-dealkylation sites (N-methyl/N-ethyl adjacent to an activating group) is 1. The van der Waals surface area contributed by atoms with Crippen LogP contribution in [-0.4, -0.2) is 34.9 Å².